The minimum absolute atomic E-state index is 0.0842. The number of nitrogens with zero attached hydrogens (tertiary/aromatic N) is 2. The van der Waals surface area contributed by atoms with E-state index in [1.807, 2.05) is 29.9 Å². The zero-order valence-corrected chi connectivity index (χ0v) is 14.8. The summed E-state index contributed by atoms with van der Waals surface area (Å²) in [6, 6.07) is 6.25. The van der Waals surface area contributed by atoms with Crippen LogP contribution in [0.3, 0.4) is 0 Å². The Balaban J connectivity index is 0.000000260. The second kappa shape index (κ2) is 8.48. The van der Waals surface area contributed by atoms with Crippen LogP contribution in [0.2, 0.25) is 0 Å². The molecule has 0 bridgehead atoms. The number of furan rings is 1. The molecule has 26 heavy (non-hydrogen) atoms. The number of benzene rings is 1. The zero-order valence-electron chi connectivity index (χ0n) is 14.8. The minimum atomic E-state index is -1.08. The number of carboxylic acid groups (broad SMARTS) is 2. The largest absolute Gasteiger partial charge is 0.481 e. The summed E-state index contributed by atoms with van der Waals surface area (Å²) in [5.74, 6) is -1.15. The monoisotopic (exact) mass is 361 g/mol. The molecular weight excluding hydrogens is 338 g/mol. The van der Waals surface area contributed by atoms with Crippen molar-refractivity contribution in [1.82, 2.24) is 9.78 Å². The molecule has 0 radical (unpaired) electrons. The predicted octanol–water partition coefficient (Wildman–Crippen LogP) is 2.63. The fourth-order valence-electron chi connectivity index (χ4n) is 2.55. The maximum atomic E-state index is 9.64. The minimum Gasteiger partial charge on any atom is -0.481 e. The molecule has 0 amide bonds. The Bertz CT molecular complexity index is 896. The first-order chi connectivity index (χ1) is 12.3. The van der Waals surface area contributed by atoms with E-state index in [4.69, 9.17) is 20.4 Å². The van der Waals surface area contributed by atoms with E-state index in [9.17, 15) is 9.59 Å². The van der Waals surface area contributed by atoms with Gasteiger partial charge in [0, 0.05) is 23.2 Å². The van der Waals surface area contributed by atoms with Crippen LogP contribution in [0.4, 0.5) is 0 Å². The van der Waals surface area contributed by atoms with Crippen LogP contribution in [0.15, 0.2) is 28.8 Å². The Labute approximate surface area is 150 Å². The van der Waals surface area contributed by atoms with Gasteiger partial charge < -0.3 is 20.4 Å². The van der Waals surface area contributed by atoms with Crippen molar-refractivity contribution in [2.45, 2.75) is 45.7 Å². The van der Waals surface area contributed by atoms with Crippen molar-refractivity contribution in [3.05, 3.63) is 30.2 Å². The van der Waals surface area contributed by atoms with Gasteiger partial charge in [-0.25, -0.2) is 0 Å². The lowest BCUT2D eigenvalue weighted by atomic mass is 10.2. The average molecular weight is 361 g/mol. The van der Waals surface area contributed by atoms with Gasteiger partial charge >= 0.3 is 11.9 Å². The van der Waals surface area contributed by atoms with Crippen molar-refractivity contribution in [3.8, 4) is 0 Å². The number of hydrogen-bond donors (Lipinski definition) is 3. The summed E-state index contributed by atoms with van der Waals surface area (Å²) in [5.41, 5.74) is 7.91. The fraction of sp³-hybridized carbons (Fsp3) is 0.389. The van der Waals surface area contributed by atoms with Gasteiger partial charge in [0.2, 0.25) is 0 Å². The second-order valence-electron chi connectivity index (χ2n) is 6.07. The lowest BCUT2D eigenvalue weighted by molar-refractivity contribution is -0.143. The maximum absolute atomic E-state index is 9.64. The lowest BCUT2D eigenvalue weighted by Gasteiger charge is -2.06. The van der Waals surface area contributed by atoms with E-state index in [1.165, 1.54) is 0 Å². The molecule has 0 spiro atoms. The number of fused-ring (bicyclic) bond motifs is 3. The van der Waals surface area contributed by atoms with Gasteiger partial charge in [0.1, 0.15) is 11.3 Å². The first kappa shape index (κ1) is 19.5. The zero-order chi connectivity index (χ0) is 19.3. The van der Waals surface area contributed by atoms with Crippen LogP contribution in [0, 0.1) is 0 Å². The highest BCUT2D eigenvalue weighted by Crippen LogP contribution is 2.28. The van der Waals surface area contributed by atoms with Crippen LogP contribution in [-0.2, 0) is 22.6 Å². The summed E-state index contributed by atoms with van der Waals surface area (Å²) in [5, 5.41) is 22.5. The number of aryl methyl sites for hydroxylation is 1. The van der Waals surface area contributed by atoms with Crippen molar-refractivity contribution in [2.24, 2.45) is 5.73 Å². The highest BCUT2D eigenvalue weighted by atomic mass is 16.4. The molecule has 2 heterocycles. The molecule has 0 aliphatic carbocycles. The molecule has 8 nitrogen and oxygen atoms in total. The normalized spacial score (nSPS) is 12.0. The van der Waals surface area contributed by atoms with Crippen LogP contribution in [0.5, 0.6) is 0 Å². The summed E-state index contributed by atoms with van der Waals surface area (Å²) in [6.45, 7) is 4.80. The number of aliphatic carboxylic acids is 2. The number of rotatable bonds is 6. The third kappa shape index (κ3) is 4.82. The van der Waals surface area contributed by atoms with E-state index in [-0.39, 0.29) is 18.9 Å². The van der Waals surface area contributed by atoms with Gasteiger partial charge in [0.25, 0.3) is 0 Å². The number of nitrogens with two attached hydrogens (primary N) is 1. The Hall–Kier alpha value is -2.87. The second-order valence-corrected chi connectivity index (χ2v) is 6.07. The summed E-state index contributed by atoms with van der Waals surface area (Å²) < 4.78 is 7.75. The maximum Gasteiger partial charge on any atom is 0.303 e. The van der Waals surface area contributed by atoms with E-state index < -0.39 is 11.9 Å². The fourth-order valence-corrected chi connectivity index (χ4v) is 2.55. The Morgan fingerprint density at radius 3 is 2.46 bits per heavy atom. The van der Waals surface area contributed by atoms with Gasteiger partial charge in [-0.15, -0.1) is 0 Å². The Kier molecular flexibility index (Phi) is 6.35. The quantitative estimate of drug-likeness (QED) is 0.615. The highest BCUT2D eigenvalue weighted by molar-refractivity contribution is 6.03. The summed E-state index contributed by atoms with van der Waals surface area (Å²) in [6.07, 6.45) is 2.19. The average Bonchev–Trinajstić information content (AvgIpc) is 3.16. The van der Waals surface area contributed by atoms with Gasteiger partial charge in [-0.05, 0) is 25.1 Å². The molecule has 1 aromatic carbocycles. The highest BCUT2D eigenvalue weighted by Gasteiger charge is 2.12. The molecule has 0 aliphatic rings. The van der Waals surface area contributed by atoms with E-state index in [2.05, 4.69) is 18.1 Å². The van der Waals surface area contributed by atoms with Crippen LogP contribution in [-0.4, -0.2) is 38.0 Å². The molecule has 4 N–H and O–H groups in total. The third-order valence-electron chi connectivity index (χ3n) is 3.71. The van der Waals surface area contributed by atoms with Crippen molar-refractivity contribution in [2.75, 3.05) is 0 Å². The number of aromatic nitrogens is 2. The lowest BCUT2D eigenvalue weighted by Crippen LogP contribution is -2.22. The van der Waals surface area contributed by atoms with Crippen molar-refractivity contribution < 1.29 is 24.2 Å². The molecule has 0 saturated heterocycles. The standard InChI is InChI=1S/C14H17N3O.C4H6O4/c1-3-11-6-12-13(18-11)5-4-10-7-16-17(14(10)12)8-9(2)15;5-3(6)1-2-4(7)8/h4-7,9H,3,8,15H2,1-2H3;1-2H2,(H,5,6)(H,7,8)/t9-;/m0./s1. The molecule has 0 fully saturated rings. The molecule has 1 atom stereocenters. The summed E-state index contributed by atoms with van der Waals surface area (Å²) in [7, 11) is 0. The number of carbonyl (C=O) groups is 2. The van der Waals surface area contributed by atoms with Gasteiger partial charge in [-0.2, -0.15) is 5.10 Å². The summed E-state index contributed by atoms with van der Waals surface area (Å²) in [4.78, 5) is 19.3. The first-order valence-corrected chi connectivity index (χ1v) is 8.38. The van der Waals surface area contributed by atoms with Gasteiger partial charge in [-0.3, -0.25) is 14.3 Å². The molecule has 0 saturated carbocycles. The van der Waals surface area contributed by atoms with Crippen molar-refractivity contribution >= 4 is 33.8 Å². The van der Waals surface area contributed by atoms with E-state index in [0.29, 0.717) is 0 Å². The molecule has 0 unspecified atom stereocenters. The van der Waals surface area contributed by atoms with Crippen LogP contribution in [0.1, 0.15) is 32.4 Å². The van der Waals surface area contributed by atoms with E-state index in [0.717, 1.165) is 40.6 Å². The molecular formula is C18H23N3O5. The molecule has 3 aromatic rings. The SMILES string of the molecule is CCc1cc2c(ccc3cnn(C[C@H](C)N)c32)o1.O=C(O)CCC(=O)O. The van der Waals surface area contributed by atoms with Crippen LogP contribution in [0.25, 0.3) is 21.9 Å². The molecule has 140 valence electrons. The van der Waals surface area contributed by atoms with Crippen molar-refractivity contribution in [1.29, 1.82) is 0 Å². The Morgan fingerprint density at radius 1 is 1.27 bits per heavy atom. The van der Waals surface area contributed by atoms with Gasteiger partial charge in [0.05, 0.1) is 31.1 Å². The first-order valence-electron chi connectivity index (χ1n) is 8.38. The van der Waals surface area contributed by atoms with Crippen LogP contribution < -0.4 is 5.73 Å². The van der Waals surface area contributed by atoms with Gasteiger partial charge in [0.15, 0.2) is 0 Å². The Morgan fingerprint density at radius 2 is 1.92 bits per heavy atom. The van der Waals surface area contributed by atoms with Crippen molar-refractivity contribution in [3.63, 3.8) is 0 Å². The van der Waals surface area contributed by atoms with Gasteiger partial charge in [-0.1, -0.05) is 6.92 Å². The molecule has 2 aromatic heterocycles. The summed E-state index contributed by atoms with van der Waals surface area (Å²) >= 11 is 0. The third-order valence-corrected chi connectivity index (χ3v) is 3.71. The molecule has 8 heteroatoms. The van der Waals surface area contributed by atoms with Crippen LogP contribution >= 0.6 is 0 Å². The molecule has 3 rings (SSSR count). The number of hydrogen-bond acceptors (Lipinski definition) is 5. The van der Waals surface area contributed by atoms with E-state index >= 15 is 0 Å². The predicted molar refractivity (Wildman–Crippen MR) is 97.0 cm³/mol. The smallest absolute Gasteiger partial charge is 0.303 e. The topological polar surface area (TPSA) is 132 Å². The van der Waals surface area contributed by atoms with E-state index in [1.54, 1.807) is 0 Å². The molecule has 0 aliphatic heterocycles. The number of carboxylic acids is 2.